The number of para-hydroxylation sites is 1. The summed E-state index contributed by atoms with van der Waals surface area (Å²) in [5, 5.41) is 1.18. The third-order valence-corrected chi connectivity index (χ3v) is 5.11. The van der Waals surface area contributed by atoms with Crippen molar-refractivity contribution in [3.8, 4) is 0 Å². The van der Waals surface area contributed by atoms with Crippen LogP contribution in [0.15, 0.2) is 46.9 Å². The van der Waals surface area contributed by atoms with Crippen LogP contribution in [-0.2, 0) is 6.42 Å². The van der Waals surface area contributed by atoms with Crippen LogP contribution in [-0.4, -0.2) is 42.0 Å². The zero-order valence-electron chi connectivity index (χ0n) is 15.9. The average molecular weight is 363 g/mol. The summed E-state index contributed by atoms with van der Waals surface area (Å²) in [6.07, 6.45) is 2.06. The number of hydrogen-bond donors (Lipinski definition) is 0. The van der Waals surface area contributed by atoms with Crippen molar-refractivity contribution in [3.63, 3.8) is 0 Å². The van der Waals surface area contributed by atoms with E-state index in [-0.39, 0.29) is 5.91 Å². The quantitative estimate of drug-likeness (QED) is 0.702. The highest BCUT2D eigenvalue weighted by molar-refractivity contribution is 5.93. The lowest BCUT2D eigenvalue weighted by molar-refractivity contribution is 0.0713. The number of aromatic nitrogens is 1. The lowest BCUT2D eigenvalue weighted by Crippen LogP contribution is -2.48. The van der Waals surface area contributed by atoms with Crippen LogP contribution in [0.2, 0.25) is 0 Å². The van der Waals surface area contributed by atoms with Gasteiger partial charge in [-0.15, -0.1) is 0 Å². The van der Waals surface area contributed by atoms with Gasteiger partial charge in [-0.2, -0.15) is 0 Å². The third kappa shape index (κ3) is 3.54. The molecular weight excluding hydrogens is 338 g/mol. The highest BCUT2D eigenvalue weighted by atomic mass is 16.3. The molecule has 1 aromatic carbocycles. The predicted molar refractivity (Wildman–Crippen MR) is 107 cm³/mol. The molecule has 0 radical (unpaired) electrons. The fourth-order valence-electron chi connectivity index (χ4n) is 3.71. The molecule has 5 heteroatoms. The van der Waals surface area contributed by atoms with Gasteiger partial charge in [-0.25, -0.2) is 0 Å². The molecule has 0 spiro atoms. The molecule has 1 aliphatic rings. The van der Waals surface area contributed by atoms with Crippen LogP contribution in [0.4, 0.5) is 5.69 Å². The predicted octanol–water partition coefficient (Wildman–Crippen LogP) is 4.05. The molecule has 140 valence electrons. The van der Waals surface area contributed by atoms with Crippen LogP contribution in [0.3, 0.4) is 0 Å². The third-order valence-electron chi connectivity index (χ3n) is 5.11. The summed E-state index contributed by atoms with van der Waals surface area (Å²) in [4.78, 5) is 21.7. The first-order valence-electron chi connectivity index (χ1n) is 9.65. The molecule has 27 heavy (non-hydrogen) atoms. The number of pyridine rings is 1. The van der Waals surface area contributed by atoms with Gasteiger partial charge in [0.1, 0.15) is 5.76 Å². The van der Waals surface area contributed by atoms with Crippen LogP contribution in [0.25, 0.3) is 10.9 Å². The van der Waals surface area contributed by atoms with E-state index in [0.717, 1.165) is 42.9 Å². The molecule has 4 rings (SSSR count). The molecule has 5 nitrogen and oxygen atoms in total. The van der Waals surface area contributed by atoms with Crippen LogP contribution in [0.5, 0.6) is 0 Å². The zero-order valence-corrected chi connectivity index (χ0v) is 15.9. The molecule has 3 heterocycles. The van der Waals surface area contributed by atoms with Crippen molar-refractivity contribution < 1.29 is 9.21 Å². The standard InChI is InChI=1S/C22H25N3O2/c1-3-6-17-15-20(18-7-4-5-8-19(18)23-17)24-11-13-25(14-12-24)22(26)21-10-9-16(2)27-21/h4-5,7-10,15H,3,6,11-14H2,1-2H3. The Morgan fingerprint density at radius 3 is 2.59 bits per heavy atom. The molecule has 1 amide bonds. The SMILES string of the molecule is CCCc1cc(N2CCN(C(=O)c3ccc(C)o3)CC2)c2ccccc2n1. The zero-order chi connectivity index (χ0) is 18.8. The van der Waals surface area contributed by atoms with Crippen molar-refractivity contribution >= 4 is 22.5 Å². The number of rotatable bonds is 4. The van der Waals surface area contributed by atoms with Crippen LogP contribution in [0.1, 0.15) is 35.4 Å². The maximum atomic E-state index is 12.6. The number of fused-ring (bicyclic) bond motifs is 1. The number of furan rings is 1. The number of amides is 1. The number of carbonyl (C=O) groups is 1. The van der Waals surface area contributed by atoms with E-state index in [4.69, 9.17) is 9.40 Å². The topological polar surface area (TPSA) is 49.6 Å². The van der Waals surface area contributed by atoms with E-state index in [9.17, 15) is 4.79 Å². The van der Waals surface area contributed by atoms with Gasteiger partial charge in [0, 0.05) is 42.9 Å². The normalized spacial score (nSPS) is 14.7. The van der Waals surface area contributed by atoms with Gasteiger partial charge in [-0.1, -0.05) is 31.5 Å². The van der Waals surface area contributed by atoms with Crippen LogP contribution in [0, 0.1) is 6.92 Å². The van der Waals surface area contributed by atoms with E-state index >= 15 is 0 Å². The van der Waals surface area contributed by atoms with Gasteiger partial charge in [-0.05, 0) is 37.6 Å². The molecule has 0 bridgehead atoms. The molecule has 0 atom stereocenters. The van der Waals surface area contributed by atoms with Crippen molar-refractivity contribution in [2.75, 3.05) is 31.1 Å². The number of nitrogens with zero attached hydrogens (tertiary/aromatic N) is 3. The van der Waals surface area contributed by atoms with E-state index in [2.05, 4.69) is 36.1 Å². The van der Waals surface area contributed by atoms with Gasteiger partial charge in [0.2, 0.25) is 0 Å². The lowest BCUT2D eigenvalue weighted by atomic mass is 10.1. The molecule has 0 saturated carbocycles. The van der Waals surface area contributed by atoms with Crippen molar-refractivity contribution in [2.24, 2.45) is 0 Å². The van der Waals surface area contributed by atoms with Crippen molar-refractivity contribution in [1.82, 2.24) is 9.88 Å². The Hall–Kier alpha value is -2.82. The summed E-state index contributed by atoms with van der Waals surface area (Å²) in [7, 11) is 0. The number of aryl methyl sites for hydroxylation is 2. The maximum Gasteiger partial charge on any atom is 0.289 e. The van der Waals surface area contributed by atoms with Crippen LogP contribution >= 0.6 is 0 Å². The van der Waals surface area contributed by atoms with Gasteiger partial charge in [-0.3, -0.25) is 9.78 Å². The number of piperazine rings is 1. The first kappa shape index (κ1) is 17.6. The summed E-state index contributed by atoms with van der Waals surface area (Å²) >= 11 is 0. The minimum absolute atomic E-state index is 0.0194. The molecule has 0 aliphatic carbocycles. The fourth-order valence-corrected chi connectivity index (χ4v) is 3.71. The minimum atomic E-state index is -0.0194. The van der Waals surface area contributed by atoms with Crippen molar-refractivity contribution in [3.05, 3.63) is 59.7 Å². The van der Waals surface area contributed by atoms with Gasteiger partial charge >= 0.3 is 0 Å². The van der Waals surface area contributed by atoms with E-state index in [1.54, 1.807) is 6.07 Å². The van der Waals surface area contributed by atoms with Crippen LogP contribution < -0.4 is 4.90 Å². The second-order valence-electron chi connectivity index (χ2n) is 7.09. The van der Waals surface area contributed by atoms with Gasteiger partial charge in [0.25, 0.3) is 5.91 Å². The van der Waals surface area contributed by atoms with Gasteiger partial charge in [0.05, 0.1) is 5.52 Å². The smallest absolute Gasteiger partial charge is 0.289 e. The Balaban J connectivity index is 1.55. The average Bonchev–Trinajstić information content (AvgIpc) is 3.13. The molecular formula is C22H25N3O2. The second-order valence-corrected chi connectivity index (χ2v) is 7.09. The molecule has 3 aromatic rings. The number of hydrogen-bond acceptors (Lipinski definition) is 4. The van der Waals surface area contributed by atoms with E-state index in [0.29, 0.717) is 18.8 Å². The highest BCUT2D eigenvalue weighted by Crippen LogP contribution is 2.28. The number of anilines is 1. The Kier molecular flexibility index (Phi) is 4.84. The summed E-state index contributed by atoms with van der Waals surface area (Å²) in [6, 6.07) is 14.1. The maximum absolute atomic E-state index is 12.6. The summed E-state index contributed by atoms with van der Waals surface area (Å²) in [5.74, 6) is 1.18. The summed E-state index contributed by atoms with van der Waals surface area (Å²) in [5.41, 5.74) is 3.41. The Bertz CT molecular complexity index is 955. The molecule has 1 aliphatic heterocycles. The van der Waals surface area contributed by atoms with Gasteiger partial charge < -0.3 is 14.2 Å². The van der Waals surface area contributed by atoms with Crippen molar-refractivity contribution in [1.29, 1.82) is 0 Å². The Morgan fingerprint density at radius 1 is 1.11 bits per heavy atom. The summed E-state index contributed by atoms with van der Waals surface area (Å²) < 4.78 is 5.50. The van der Waals surface area contributed by atoms with E-state index in [1.807, 2.05) is 24.0 Å². The van der Waals surface area contributed by atoms with E-state index in [1.165, 1.54) is 11.1 Å². The first-order chi connectivity index (χ1) is 13.2. The second kappa shape index (κ2) is 7.43. The van der Waals surface area contributed by atoms with Gasteiger partial charge in [0.15, 0.2) is 5.76 Å². The molecule has 0 N–H and O–H groups in total. The molecule has 1 fully saturated rings. The Morgan fingerprint density at radius 2 is 1.89 bits per heavy atom. The number of benzene rings is 1. The largest absolute Gasteiger partial charge is 0.456 e. The first-order valence-corrected chi connectivity index (χ1v) is 9.65. The molecule has 2 aromatic heterocycles. The van der Waals surface area contributed by atoms with E-state index < -0.39 is 0 Å². The summed E-state index contributed by atoms with van der Waals surface area (Å²) in [6.45, 7) is 7.04. The highest BCUT2D eigenvalue weighted by Gasteiger charge is 2.25. The number of carbonyl (C=O) groups excluding carboxylic acids is 1. The fraction of sp³-hybridized carbons (Fsp3) is 0.364. The molecule has 1 saturated heterocycles. The lowest BCUT2D eigenvalue weighted by Gasteiger charge is -2.36. The Labute approximate surface area is 159 Å². The molecule has 0 unspecified atom stereocenters. The minimum Gasteiger partial charge on any atom is -0.456 e. The van der Waals surface area contributed by atoms with Crippen molar-refractivity contribution in [2.45, 2.75) is 26.7 Å². The monoisotopic (exact) mass is 363 g/mol.